The number of pyridine rings is 1. The first kappa shape index (κ1) is 18.3. The van der Waals surface area contributed by atoms with E-state index in [2.05, 4.69) is 15.6 Å². The molecule has 6 heteroatoms. The van der Waals surface area contributed by atoms with Crippen molar-refractivity contribution < 1.29 is 9.53 Å². The zero-order valence-corrected chi connectivity index (χ0v) is 15.9. The molecule has 2 N–H and O–H groups in total. The summed E-state index contributed by atoms with van der Waals surface area (Å²) < 4.78 is 5.79. The summed E-state index contributed by atoms with van der Waals surface area (Å²) in [4.78, 5) is 16.0. The van der Waals surface area contributed by atoms with E-state index in [0.29, 0.717) is 17.4 Å². The van der Waals surface area contributed by atoms with Gasteiger partial charge in [-0.2, -0.15) is 0 Å². The highest BCUT2D eigenvalue weighted by molar-refractivity contribution is 6.30. The zero-order valence-electron chi connectivity index (χ0n) is 15.2. The molecule has 1 amide bonds. The lowest BCUT2D eigenvalue weighted by molar-refractivity contribution is -0.117. The monoisotopic (exact) mass is 393 g/mol. The number of halogens is 1. The van der Waals surface area contributed by atoms with Crippen LogP contribution in [-0.4, -0.2) is 10.9 Å². The summed E-state index contributed by atoms with van der Waals surface area (Å²) in [7, 11) is 0. The summed E-state index contributed by atoms with van der Waals surface area (Å²) in [6, 6.07) is 19.0. The fourth-order valence-corrected chi connectivity index (χ4v) is 2.79. The standard InChI is InChI=1S/C22H20ClN3O2/c23-17-5-1-15(2-6-17)14-28-20-10-7-18(8-11-20)25-19-9-12-21(24-13-19)26-22(27)16-3-4-16/h1-2,5-13,16,25H,3-4,14H2,(H,24,26,27). The summed E-state index contributed by atoms with van der Waals surface area (Å²) in [6.07, 6.45) is 3.66. The van der Waals surface area contributed by atoms with E-state index in [4.69, 9.17) is 16.3 Å². The van der Waals surface area contributed by atoms with E-state index in [1.807, 2.05) is 54.6 Å². The second-order valence-electron chi connectivity index (χ2n) is 6.76. The van der Waals surface area contributed by atoms with Gasteiger partial charge in [-0.25, -0.2) is 4.98 Å². The van der Waals surface area contributed by atoms with Crippen molar-refractivity contribution in [2.75, 3.05) is 10.6 Å². The van der Waals surface area contributed by atoms with E-state index < -0.39 is 0 Å². The SMILES string of the molecule is O=C(Nc1ccc(Nc2ccc(OCc3ccc(Cl)cc3)cc2)cn1)C1CC1. The first-order valence-electron chi connectivity index (χ1n) is 9.17. The Morgan fingerprint density at radius 2 is 1.71 bits per heavy atom. The first-order valence-corrected chi connectivity index (χ1v) is 9.55. The molecular formula is C22H20ClN3O2. The molecular weight excluding hydrogens is 374 g/mol. The minimum atomic E-state index is 0.0578. The maximum absolute atomic E-state index is 11.8. The van der Waals surface area contributed by atoms with Crippen molar-refractivity contribution in [3.05, 3.63) is 77.4 Å². The van der Waals surface area contributed by atoms with Gasteiger partial charge in [-0.1, -0.05) is 23.7 Å². The number of anilines is 3. The number of aromatic nitrogens is 1. The maximum atomic E-state index is 11.8. The van der Waals surface area contributed by atoms with Crippen molar-refractivity contribution in [2.45, 2.75) is 19.4 Å². The predicted molar refractivity (Wildman–Crippen MR) is 111 cm³/mol. The molecule has 28 heavy (non-hydrogen) atoms. The lowest BCUT2D eigenvalue weighted by Gasteiger charge is -2.10. The van der Waals surface area contributed by atoms with Gasteiger partial charge < -0.3 is 15.4 Å². The summed E-state index contributed by atoms with van der Waals surface area (Å²) in [5, 5.41) is 6.83. The van der Waals surface area contributed by atoms with Crippen LogP contribution in [-0.2, 0) is 11.4 Å². The van der Waals surface area contributed by atoms with Crippen LogP contribution >= 0.6 is 11.6 Å². The van der Waals surface area contributed by atoms with Gasteiger partial charge in [0.15, 0.2) is 0 Å². The van der Waals surface area contributed by atoms with Crippen LogP contribution in [0.25, 0.3) is 0 Å². The van der Waals surface area contributed by atoms with Gasteiger partial charge in [0.05, 0.1) is 11.9 Å². The fraction of sp³-hybridized carbons (Fsp3) is 0.182. The van der Waals surface area contributed by atoms with E-state index in [1.165, 1.54) is 0 Å². The minimum absolute atomic E-state index is 0.0578. The van der Waals surface area contributed by atoms with Gasteiger partial charge in [-0.15, -0.1) is 0 Å². The van der Waals surface area contributed by atoms with Crippen molar-refractivity contribution in [1.82, 2.24) is 4.98 Å². The molecule has 2 aromatic carbocycles. The van der Waals surface area contributed by atoms with Crippen molar-refractivity contribution >= 4 is 34.7 Å². The van der Waals surface area contributed by atoms with Gasteiger partial charge in [-0.3, -0.25) is 4.79 Å². The maximum Gasteiger partial charge on any atom is 0.228 e. The number of nitrogens with one attached hydrogen (secondary N) is 2. The highest BCUT2D eigenvalue weighted by Gasteiger charge is 2.29. The molecule has 1 aromatic heterocycles. The highest BCUT2D eigenvalue weighted by atomic mass is 35.5. The molecule has 0 aliphatic heterocycles. The minimum Gasteiger partial charge on any atom is -0.489 e. The Morgan fingerprint density at radius 3 is 2.36 bits per heavy atom. The molecule has 5 nitrogen and oxygen atoms in total. The van der Waals surface area contributed by atoms with E-state index in [9.17, 15) is 4.79 Å². The topological polar surface area (TPSA) is 63.2 Å². The lowest BCUT2D eigenvalue weighted by Crippen LogP contribution is -2.14. The van der Waals surface area contributed by atoms with Crippen LogP contribution in [0.5, 0.6) is 5.75 Å². The van der Waals surface area contributed by atoms with E-state index in [-0.39, 0.29) is 11.8 Å². The number of hydrogen-bond acceptors (Lipinski definition) is 4. The molecule has 1 heterocycles. The number of hydrogen-bond donors (Lipinski definition) is 2. The van der Waals surface area contributed by atoms with E-state index >= 15 is 0 Å². The number of nitrogens with zero attached hydrogens (tertiary/aromatic N) is 1. The second kappa shape index (κ2) is 8.31. The van der Waals surface area contributed by atoms with Crippen LogP contribution in [0.4, 0.5) is 17.2 Å². The van der Waals surface area contributed by atoms with Crippen molar-refractivity contribution in [3.8, 4) is 5.75 Å². The lowest BCUT2D eigenvalue weighted by atomic mass is 10.2. The normalized spacial score (nSPS) is 13.0. The number of amides is 1. The van der Waals surface area contributed by atoms with Crippen molar-refractivity contribution in [3.63, 3.8) is 0 Å². The Labute approximate surface area is 168 Å². The van der Waals surface area contributed by atoms with E-state index in [1.54, 1.807) is 12.3 Å². The van der Waals surface area contributed by atoms with Crippen LogP contribution in [0, 0.1) is 5.92 Å². The highest BCUT2D eigenvalue weighted by Crippen LogP contribution is 2.30. The van der Waals surface area contributed by atoms with Crippen molar-refractivity contribution in [1.29, 1.82) is 0 Å². The first-order chi connectivity index (χ1) is 13.7. The number of rotatable bonds is 7. The van der Waals surface area contributed by atoms with Crippen LogP contribution in [0.3, 0.4) is 0 Å². The Kier molecular flexibility index (Phi) is 5.44. The van der Waals surface area contributed by atoms with E-state index in [0.717, 1.165) is 35.5 Å². The molecule has 1 saturated carbocycles. The van der Waals surface area contributed by atoms with Crippen LogP contribution < -0.4 is 15.4 Å². The third-order valence-electron chi connectivity index (χ3n) is 4.42. The predicted octanol–water partition coefficient (Wildman–Crippen LogP) is 5.41. The summed E-state index contributed by atoms with van der Waals surface area (Å²) >= 11 is 5.89. The fourth-order valence-electron chi connectivity index (χ4n) is 2.66. The van der Waals surface area contributed by atoms with Gasteiger partial charge in [0.25, 0.3) is 0 Å². The molecule has 3 aromatic rings. The van der Waals surface area contributed by atoms with Gasteiger partial charge >= 0.3 is 0 Å². The molecule has 0 spiro atoms. The smallest absolute Gasteiger partial charge is 0.228 e. The molecule has 1 aliphatic rings. The quantitative estimate of drug-likeness (QED) is 0.563. The zero-order chi connectivity index (χ0) is 19.3. The summed E-state index contributed by atoms with van der Waals surface area (Å²) in [5.74, 6) is 1.59. The Hall–Kier alpha value is -3.05. The number of carbonyl (C=O) groups excluding carboxylic acids is 1. The Balaban J connectivity index is 1.29. The molecule has 0 saturated heterocycles. The second-order valence-corrected chi connectivity index (χ2v) is 7.20. The molecule has 4 rings (SSSR count). The third kappa shape index (κ3) is 5.02. The molecule has 1 fully saturated rings. The average molecular weight is 394 g/mol. The van der Waals surface area contributed by atoms with Gasteiger partial charge in [0.1, 0.15) is 18.2 Å². The van der Waals surface area contributed by atoms with Gasteiger partial charge in [-0.05, 0) is 66.9 Å². The number of benzene rings is 2. The largest absolute Gasteiger partial charge is 0.489 e. The molecule has 0 atom stereocenters. The van der Waals surface area contributed by atoms with Crippen molar-refractivity contribution in [2.24, 2.45) is 5.92 Å². The molecule has 1 aliphatic carbocycles. The number of carbonyl (C=O) groups is 1. The average Bonchev–Trinajstić information content (AvgIpc) is 3.56. The molecule has 0 unspecified atom stereocenters. The summed E-state index contributed by atoms with van der Waals surface area (Å²) in [6.45, 7) is 0.488. The van der Waals surface area contributed by atoms with Crippen LogP contribution in [0.1, 0.15) is 18.4 Å². The van der Waals surface area contributed by atoms with Crippen LogP contribution in [0.2, 0.25) is 5.02 Å². The summed E-state index contributed by atoms with van der Waals surface area (Å²) in [5.41, 5.74) is 2.83. The third-order valence-corrected chi connectivity index (χ3v) is 4.68. The Bertz CT molecular complexity index is 937. The molecule has 142 valence electrons. The molecule has 0 radical (unpaired) electrons. The van der Waals surface area contributed by atoms with Gasteiger partial charge in [0.2, 0.25) is 5.91 Å². The number of ether oxygens (including phenoxy) is 1. The molecule has 0 bridgehead atoms. The van der Waals surface area contributed by atoms with Crippen LogP contribution in [0.15, 0.2) is 66.9 Å². The van der Waals surface area contributed by atoms with Gasteiger partial charge in [0, 0.05) is 16.6 Å². The Morgan fingerprint density at radius 1 is 1.00 bits per heavy atom.